The van der Waals surface area contributed by atoms with Gasteiger partial charge in [0.1, 0.15) is 0 Å². The van der Waals surface area contributed by atoms with Gasteiger partial charge < -0.3 is 0 Å². The lowest BCUT2D eigenvalue weighted by atomic mass is 10.1. The summed E-state index contributed by atoms with van der Waals surface area (Å²) < 4.78 is 2.67. The van der Waals surface area contributed by atoms with E-state index in [0.29, 0.717) is 0 Å². The van der Waals surface area contributed by atoms with E-state index in [4.69, 9.17) is 0 Å². The van der Waals surface area contributed by atoms with Crippen molar-refractivity contribution in [1.82, 2.24) is 0 Å². The number of rotatable bonds is 2. The Hall–Kier alpha value is -0.340. The molecule has 0 atom stereocenters. The maximum absolute atomic E-state index is 3.58. The molecule has 0 aliphatic rings. The Morgan fingerprint density at radius 2 is 1.86 bits per heavy atom. The fraction of sp³-hybridized carbons (Fsp3) is 0.333. The Balaban J connectivity index is 2.76. The van der Waals surface area contributed by atoms with Crippen LogP contribution in [0.3, 0.4) is 0 Å². The Morgan fingerprint density at radius 3 is 2.50 bits per heavy atom. The van der Waals surface area contributed by atoms with E-state index in [1.54, 1.807) is 0 Å². The van der Waals surface area contributed by atoms with E-state index in [1.165, 1.54) is 25.7 Å². The van der Waals surface area contributed by atoms with Gasteiger partial charge in [-0.05, 0) is 46.9 Å². The molecular formula is C12H13BrS. The van der Waals surface area contributed by atoms with Gasteiger partial charge in [0.25, 0.3) is 0 Å². The second-order valence-corrected chi connectivity index (χ2v) is 5.20. The van der Waals surface area contributed by atoms with Gasteiger partial charge in [-0.3, -0.25) is 0 Å². The smallest absolute Gasteiger partial charge is 0.0378 e. The van der Waals surface area contributed by atoms with Crippen LogP contribution in [0.2, 0.25) is 0 Å². The third kappa shape index (κ3) is 1.61. The number of halogens is 1. The highest BCUT2D eigenvalue weighted by Crippen LogP contribution is 2.32. The molecule has 0 N–H and O–H groups in total. The first-order valence-electron chi connectivity index (χ1n) is 4.94. The van der Waals surface area contributed by atoms with E-state index in [9.17, 15) is 0 Å². The minimum Gasteiger partial charge on any atom is -0.143 e. The first kappa shape index (κ1) is 10.2. The first-order chi connectivity index (χ1) is 6.76. The average Bonchev–Trinajstić information content (AvgIpc) is 2.59. The van der Waals surface area contributed by atoms with Crippen LogP contribution in [0.25, 0.3) is 10.1 Å². The van der Waals surface area contributed by atoms with Gasteiger partial charge in [0.15, 0.2) is 0 Å². The molecule has 1 aromatic heterocycles. The molecule has 0 aliphatic carbocycles. The van der Waals surface area contributed by atoms with Gasteiger partial charge in [-0.15, -0.1) is 11.3 Å². The standard InChI is InChI=1S/C12H13BrS/c1-3-8-5-10(13)6-11-9(4-2)7-14-12(8)11/h5-7H,3-4H2,1-2H3. The molecule has 2 aromatic rings. The van der Waals surface area contributed by atoms with Gasteiger partial charge in [-0.1, -0.05) is 29.8 Å². The summed E-state index contributed by atoms with van der Waals surface area (Å²) in [5.74, 6) is 0. The number of thiophene rings is 1. The molecule has 74 valence electrons. The maximum atomic E-state index is 3.58. The highest BCUT2D eigenvalue weighted by atomic mass is 79.9. The van der Waals surface area contributed by atoms with E-state index in [1.807, 2.05) is 11.3 Å². The van der Waals surface area contributed by atoms with E-state index in [0.717, 1.165) is 12.8 Å². The molecular weight excluding hydrogens is 256 g/mol. The van der Waals surface area contributed by atoms with Crippen LogP contribution in [0.1, 0.15) is 25.0 Å². The molecule has 2 heteroatoms. The third-order valence-corrected chi connectivity index (χ3v) is 4.14. The number of fused-ring (bicyclic) bond motifs is 1. The van der Waals surface area contributed by atoms with Gasteiger partial charge in [-0.25, -0.2) is 0 Å². The van der Waals surface area contributed by atoms with Crippen molar-refractivity contribution in [3.05, 3.63) is 33.1 Å². The third-order valence-electron chi connectivity index (χ3n) is 2.56. The number of hydrogen-bond donors (Lipinski definition) is 0. The molecule has 0 amide bonds. The monoisotopic (exact) mass is 268 g/mol. The summed E-state index contributed by atoms with van der Waals surface area (Å²) in [5, 5.41) is 3.72. The van der Waals surface area contributed by atoms with Gasteiger partial charge in [-0.2, -0.15) is 0 Å². The molecule has 0 bridgehead atoms. The lowest BCUT2D eigenvalue weighted by Gasteiger charge is -2.02. The Morgan fingerprint density at radius 1 is 1.14 bits per heavy atom. The largest absolute Gasteiger partial charge is 0.143 e. The molecule has 0 nitrogen and oxygen atoms in total. The molecule has 0 spiro atoms. The van der Waals surface area contributed by atoms with E-state index in [2.05, 4.69) is 47.3 Å². The number of aryl methyl sites for hydroxylation is 2. The summed E-state index contributed by atoms with van der Waals surface area (Å²) in [7, 11) is 0. The van der Waals surface area contributed by atoms with Crippen LogP contribution in [0.4, 0.5) is 0 Å². The molecule has 1 aromatic carbocycles. The van der Waals surface area contributed by atoms with Gasteiger partial charge >= 0.3 is 0 Å². The van der Waals surface area contributed by atoms with Crippen molar-refractivity contribution in [2.24, 2.45) is 0 Å². The van der Waals surface area contributed by atoms with Crippen molar-refractivity contribution in [3.63, 3.8) is 0 Å². The van der Waals surface area contributed by atoms with Crippen molar-refractivity contribution < 1.29 is 0 Å². The zero-order valence-corrected chi connectivity index (χ0v) is 10.8. The highest BCUT2D eigenvalue weighted by Gasteiger charge is 2.07. The highest BCUT2D eigenvalue weighted by molar-refractivity contribution is 9.10. The molecule has 0 saturated carbocycles. The van der Waals surface area contributed by atoms with Gasteiger partial charge in [0, 0.05) is 9.17 Å². The van der Waals surface area contributed by atoms with Crippen LogP contribution >= 0.6 is 27.3 Å². The first-order valence-corrected chi connectivity index (χ1v) is 6.62. The Bertz CT molecular complexity index is 457. The molecule has 0 radical (unpaired) electrons. The SMILES string of the molecule is CCc1csc2c(CC)cc(Br)cc12. The molecule has 2 rings (SSSR count). The van der Waals surface area contributed by atoms with Crippen molar-refractivity contribution in [2.75, 3.05) is 0 Å². The zero-order valence-electron chi connectivity index (χ0n) is 8.43. The maximum Gasteiger partial charge on any atom is 0.0378 e. The van der Waals surface area contributed by atoms with Crippen LogP contribution in [0.5, 0.6) is 0 Å². The Kier molecular flexibility index (Phi) is 2.93. The summed E-state index contributed by atoms with van der Waals surface area (Å²) >= 11 is 5.45. The number of hydrogen-bond acceptors (Lipinski definition) is 1. The average molecular weight is 269 g/mol. The Labute approximate surface area is 97.1 Å². The fourth-order valence-corrected chi connectivity index (χ4v) is 3.49. The molecule has 0 saturated heterocycles. The quantitative estimate of drug-likeness (QED) is 0.735. The normalized spacial score (nSPS) is 11.1. The van der Waals surface area contributed by atoms with Crippen LogP contribution < -0.4 is 0 Å². The minimum absolute atomic E-state index is 1.11. The molecule has 0 fully saturated rings. The summed E-state index contributed by atoms with van der Waals surface area (Å²) in [6.07, 6.45) is 2.24. The van der Waals surface area contributed by atoms with E-state index < -0.39 is 0 Å². The van der Waals surface area contributed by atoms with Crippen LogP contribution in [0.15, 0.2) is 22.0 Å². The summed E-state index contributed by atoms with van der Waals surface area (Å²) in [6, 6.07) is 4.47. The predicted octanol–water partition coefficient (Wildman–Crippen LogP) is 4.79. The molecule has 14 heavy (non-hydrogen) atoms. The van der Waals surface area contributed by atoms with Gasteiger partial charge in [0.05, 0.1) is 0 Å². The second-order valence-electron chi connectivity index (χ2n) is 3.41. The second kappa shape index (κ2) is 4.03. The van der Waals surface area contributed by atoms with E-state index >= 15 is 0 Å². The summed E-state index contributed by atoms with van der Waals surface area (Å²) in [6.45, 7) is 4.43. The fourth-order valence-electron chi connectivity index (χ4n) is 1.76. The van der Waals surface area contributed by atoms with E-state index in [-0.39, 0.29) is 0 Å². The lowest BCUT2D eigenvalue weighted by molar-refractivity contribution is 1.15. The predicted molar refractivity (Wildman–Crippen MR) is 68.3 cm³/mol. The lowest BCUT2D eigenvalue weighted by Crippen LogP contribution is -1.82. The minimum atomic E-state index is 1.11. The zero-order chi connectivity index (χ0) is 10.1. The number of benzene rings is 1. The van der Waals surface area contributed by atoms with Crippen molar-refractivity contribution in [2.45, 2.75) is 26.7 Å². The summed E-state index contributed by atoms with van der Waals surface area (Å²) in [4.78, 5) is 0. The topological polar surface area (TPSA) is 0 Å². The molecule has 0 unspecified atom stereocenters. The van der Waals surface area contributed by atoms with Crippen molar-refractivity contribution in [1.29, 1.82) is 0 Å². The van der Waals surface area contributed by atoms with Crippen LogP contribution in [0, 0.1) is 0 Å². The molecule has 1 heterocycles. The summed E-state index contributed by atoms with van der Waals surface area (Å²) in [5.41, 5.74) is 2.93. The van der Waals surface area contributed by atoms with Crippen molar-refractivity contribution in [3.8, 4) is 0 Å². The van der Waals surface area contributed by atoms with Crippen LogP contribution in [-0.4, -0.2) is 0 Å². The van der Waals surface area contributed by atoms with Gasteiger partial charge in [0.2, 0.25) is 0 Å². The molecule has 0 aliphatic heterocycles. The van der Waals surface area contributed by atoms with Crippen molar-refractivity contribution >= 4 is 37.4 Å². The van der Waals surface area contributed by atoms with Crippen LogP contribution in [-0.2, 0) is 12.8 Å².